The molecule has 0 aliphatic carbocycles. The fraction of sp³-hybridized carbons (Fsp3) is 0.412. The molecule has 22 heavy (non-hydrogen) atoms. The van der Waals surface area contributed by atoms with Crippen molar-refractivity contribution in [3.05, 3.63) is 52.8 Å². The van der Waals surface area contributed by atoms with Crippen LogP contribution in [0.1, 0.15) is 48.1 Å². The van der Waals surface area contributed by atoms with Gasteiger partial charge in [0.05, 0.1) is 11.8 Å². The molecule has 0 bridgehead atoms. The largest absolute Gasteiger partial charge is 0.338 e. The van der Waals surface area contributed by atoms with Crippen LogP contribution < -0.4 is 0 Å². The monoisotopic (exact) mass is 317 g/mol. The second-order valence-corrected chi connectivity index (χ2v) is 6.47. The van der Waals surface area contributed by atoms with Crippen LogP contribution in [-0.2, 0) is 0 Å². The third kappa shape index (κ3) is 2.88. The number of rotatable bonds is 3. The molecule has 0 saturated carbocycles. The maximum atomic E-state index is 12.6. The number of carbonyl (C=O) groups excluding carboxylic acids is 1. The molecule has 0 N–H and O–H groups in total. The van der Waals surface area contributed by atoms with E-state index < -0.39 is 0 Å². The van der Waals surface area contributed by atoms with Gasteiger partial charge in [0, 0.05) is 36.3 Å². The Labute approximate surface area is 135 Å². The Kier molecular flexibility index (Phi) is 4.21. The molecule has 1 aliphatic rings. The highest BCUT2D eigenvalue weighted by molar-refractivity contribution is 6.31. The molecule has 5 heteroatoms. The molecule has 1 aromatic heterocycles. The van der Waals surface area contributed by atoms with E-state index >= 15 is 0 Å². The number of hydrogen-bond donors (Lipinski definition) is 0. The maximum absolute atomic E-state index is 12.6. The quantitative estimate of drug-likeness (QED) is 0.864. The number of halogens is 1. The molecule has 1 fully saturated rings. The van der Waals surface area contributed by atoms with Gasteiger partial charge < -0.3 is 4.90 Å². The molecule has 1 amide bonds. The Hall–Kier alpha value is -1.81. The van der Waals surface area contributed by atoms with Crippen molar-refractivity contribution >= 4 is 17.5 Å². The standard InChI is InChI=1S/C17H20ClN3O/c1-12(2)21-11-14(9-19-21)17(22)20-8-7-13(10-20)15-5-3-4-6-16(15)18/h3-6,9,11-13H,7-8,10H2,1-2H3/t13-/m1/s1. The van der Waals surface area contributed by atoms with Crippen LogP contribution in [0.15, 0.2) is 36.7 Å². The zero-order chi connectivity index (χ0) is 15.7. The Morgan fingerprint density at radius 2 is 2.14 bits per heavy atom. The van der Waals surface area contributed by atoms with Gasteiger partial charge in [-0.3, -0.25) is 9.48 Å². The van der Waals surface area contributed by atoms with Gasteiger partial charge in [0.15, 0.2) is 0 Å². The Balaban J connectivity index is 1.72. The summed E-state index contributed by atoms with van der Waals surface area (Å²) in [4.78, 5) is 14.5. The predicted molar refractivity (Wildman–Crippen MR) is 87.3 cm³/mol. The first-order chi connectivity index (χ1) is 10.6. The molecule has 2 heterocycles. The minimum atomic E-state index is 0.0569. The lowest BCUT2D eigenvalue weighted by molar-refractivity contribution is 0.0790. The van der Waals surface area contributed by atoms with Crippen molar-refractivity contribution in [2.75, 3.05) is 13.1 Å². The number of benzene rings is 1. The molecular weight excluding hydrogens is 298 g/mol. The second kappa shape index (κ2) is 6.13. The second-order valence-electron chi connectivity index (χ2n) is 6.06. The summed E-state index contributed by atoms with van der Waals surface area (Å²) >= 11 is 6.27. The van der Waals surface area contributed by atoms with Crippen molar-refractivity contribution in [2.24, 2.45) is 0 Å². The van der Waals surface area contributed by atoms with E-state index in [4.69, 9.17) is 11.6 Å². The SMILES string of the molecule is CC(C)n1cc(C(=O)N2CC[C@@H](c3ccccc3Cl)C2)cn1. The lowest BCUT2D eigenvalue weighted by atomic mass is 9.98. The van der Waals surface area contributed by atoms with E-state index in [-0.39, 0.29) is 11.9 Å². The van der Waals surface area contributed by atoms with E-state index in [0.29, 0.717) is 11.5 Å². The van der Waals surface area contributed by atoms with E-state index in [2.05, 4.69) is 11.2 Å². The van der Waals surface area contributed by atoms with Gasteiger partial charge in [-0.05, 0) is 31.9 Å². The van der Waals surface area contributed by atoms with Crippen LogP contribution in [0, 0.1) is 0 Å². The Morgan fingerprint density at radius 3 is 2.82 bits per heavy atom. The summed E-state index contributed by atoms with van der Waals surface area (Å²) in [7, 11) is 0. The fourth-order valence-electron chi connectivity index (χ4n) is 2.92. The van der Waals surface area contributed by atoms with Crippen LogP contribution >= 0.6 is 11.6 Å². The van der Waals surface area contributed by atoms with E-state index in [9.17, 15) is 4.79 Å². The molecule has 116 valence electrons. The van der Waals surface area contributed by atoms with E-state index in [0.717, 1.165) is 30.1 Å². The molecule has 0 radical (unpaired) electrons. The molecule has 0 spiro atoms. The molecule has 1 aromatic carbocycles. The molecule has 0 unspecified atom stereocenters. The Bertz CT molecular complexity index is 680. The lowest BCUT2D eigenvalue weighted by Crippen LogP contribution is -2.28. The van der Waals surface area contributed by atoms with Gasteiger partial charge in [-0.2, -0.15) is 5.10 Å². The van der Waals surface area contributed by atoms with Gasteiger partial charge in [-0.1, -0.05) is 29.8 Å². The van der Waals surface area contributed by atoms with E-state index in [1.165, 1.54) is 0 Å². The first-order valence-corrected chi connectivity index (χ1v) is 8.02. The maximum Gasteiger partial charge on any atom is 0.257 e. The van der Waals surface area contributed by atoms with Gasteiger partial charge >= 0.3 is 0 Å². The normalized spacial score (nSPS) is 18.2. The summed E-state index contributed by atoms with van der Waals surface area (Å²) in [6, 6.07) is 8.16. The van der Waals surface area contributed by atoms with Gasteiger partial charge in [0.2, 0.25) is 0 Å². The molecule has 2 aromatic rings. The summed E-state index contributed by atoms with van der Waals surface area (Å²) in [6.45, 7) is 5.58. The summed E-state index contributed by atoms with van der Waals surface area (Å²) < 4.78 is 1.81. The van der Waals surface area contributed by atoms with E-state index in [1.807, 2.05) is 47.8 Å². The number of likely N-dealkylation sites (tertiary alicyclic amines) is 1. The van der Waals surface area contributed by atoms with Crippen molar-refractivity contribution < 1.29 is 4.79 Å². The first kappa shape index (κ1) is 15.1. The summed E-state index contributed by atoms with van der Waals surface area (Å²) in [5.74, 6) is 0.374. The van der Waals surface area contributed by atoms with Crippen LogP contribution in [0.2, 0.25) is 5.02 Å². The third-order valence-corrected chi connectivity index (χ3v) is 4.54. The zero-order valence-corrected chi connectivity index (χ0v) is 13.6. The van der Waals surface area contributed by atoms with Gasteiger partial charge in [0.1, 0.15) is 0 Å². The average molecular weight is 318 g/mol. The predicted octanol–water partition coefficient (Wildman–Crippen LogP) is 3.75. The van der Waals surface area contributed by atoms with Crippen LogP contribution in [0.25, 0.3) is 0 Å². The Morgan fingerprint density at radius 1 is 1.36 bits per heavy atom. The highest BCUT2D eigenvalue weighted by Gasteiger charge is 2.29. The van der Waals surface area contributed by atoms with Gasteiger partial charge in [-0.15, -0.1) is 0 Å². The highest BCUT2D eigenvalue weighted by Crippen LogP contribution is 2.32. The number of aromatic nitrogens is 2. The minimum Gasteiger partial charge on any atom is -0.338 e. The molecule has 1 atom stereocenters. The molecule has 1 saturated heterocycles. The van der Waals surface area contributed by atoms with Crippen LogP contribution in [0.4, 0.5) is 0 Å². The number of amides is 1. The molecule has 3 rings (SSSR count). The summed E-state index contributed by atoms with van der Waals surface area (Å²) in [5.41, 5.74) is 1.80. The summed E-state index contributed by atoms with van der Waals surface area (Å²) in [5, 5.41) is 5.03. The molecular formula is C17H20ClN3O. The number of nitrogens with zero attached hydrogens (tertiary/aromatic N) is 3. The average Bonchev–Trinajstić information content (AvgIpc) is 3.17. The molecule has 1 aliphatic heterocycles. The van der Waals surface area contributed by atoms with Crippen molar-refractivity contribution in [3.63, 3.8) is 0 Å². The molecule has 4 nitrogen and oxygen atoms in total. The topological polar surface area (TPSA) is 38.1 Å². The van der Waals surface area contributed by atoms with Crippen molar-refractivity contribution in [2.45, 2.75) is 32.2 Å². The number of hydrogen-bond acceptors (Lipinski definition) is 2. The lowest BCUT2D eigenvalue weighted by Gasteiger charge is -2.16. The first-order valence-electron chi connectivity index (χ1n) is 7.64. The summed E-state index contributed by atoms with van der Waals surface area (Å²) in [6.07, 6.45) is 4.44. The smallest absolute Gasteiger partial charge is 0.257 e. The fourth-order valence-corrected chi connectivity index (χ4v) is 3.21. The number of carbonyl (C=O) groups is 1. The van der Waals surface area contributed by atoms with E-state index in [1.54, 1.807) is 6.20 Å². The highest BCUT2D eigenvalue weighted by atomic mass is 35.5. The van der Waals surface area contributed by atoms with Gasteiger partial charge in [-0.25, -0.2) is 0 Å². The van der Waals surface area contributed by atoms with Crippen LogP contribution in [0.5, 0.6) is 0 Å². The van der Waals surface area contributed by atoms with Gasteiger partial charge in [0.25, 0.3) is 5.91 Å². The third-order valence-electron chi connectivity index (χ3n) is 4.20. The van der Waals surface area contributed by atoms with Crippen LogP contribution in [-0.4, -0.2) is 33.7 Å². The van der Waals surface area contributed by atoms with Crippen molar-refractivity contribution in [1.82, 2.24) is 14.7 Å². The van der Waals surface area contributed by atoms with Crippen molar-refractivity contribution in [3.8, 4) is 0 Å². The zero-order valence-electron chi connectivity index (χ0n) is 12.9. The van der Waals surface area contributed by atoms with Crippen LogP contribution in [0.3, 0.4) is 0 Å². The minimum absolute atomic E-state index is 0.0569. The van der Waals surface area contributed by atoms with Crippen molar-refractivity contribution in [1.29, 1.82) is 0 Å².